The van der Waals surface area contributed by atoms with E-state index in [1.807, 2.05) is 23.5 Å². The molecule has 0 amide bonds. The zero-order chi connectivity index (χ0) is 14.5. The Kier molecular flexibility index (Phi) is 5.32. The lowest BCUT2D eigenvalue weighted by molar-refractivity contribution is 0.534. The molecule has 0 radical (unpaired) electrons. The predicted molar refractivity (Wildman–Crippen MR) is 84.9 cm³/mol. The van der Waals surface area contributed by atoms with Gasteiger partial charge in [-0.05, 0) is 62.6 Å². The lowest BCUT2D eigenvalue weighted by Gasteiger charge is -2.18. The summed E-state index contributed by atoms with van der Waals surface area (Å²) in [5.74, 6) is -0.171. The summed E-state index contributed by atoms with van der Waals surface area (Å²) in [6.45, 7) is 7.50. The van der Waals surface area contributed by atoms with Gasteiger partial charge in [0.1, 0.15) is 5.82 Å². The van der Waals surface area contributed by atoms with Crippen molar-refractivity contribution in [1.29, 1.82) is 0 Å². The standard InChI is InChI=1S/C17H22FNS/c1-4-9-19-16(17-12(2)10-13(3)20-17)11-14-5-7-15(18)8-6-14/h5-8,10,16,19H,4,9,11H2,1-3H3. The van der Waals surface area contributed by atoms with Crippen LogP contribution in [0.4, 0.5) is 4.39 Å². The molecule has 108 valence electrons. The Morgan fingerprint density at radius 3 is 2.45 bits per heavy atom. The van der Waals surface area contributed by atoms with Crippen molar-refractivity contribution in [3.8, 4) is 0 Å². The molecule has 1 heterocycles. The molecule has 0 saturated heterocycles. The molecule has 3 heteroatoms. The molecular formula is C17H22FNS. The van der Waals surface area contributed by atoms with E-state index in [0.29, 0.717) is 6.04 Å². The van der Waals surface area contributed by atoms with Crippen molar-refractivity contribution in [3.63, 3.8) is 0 Å². The van der Waals surface area contributed by atoms with Crippen LogP contribution in [0.5, 0.6) is 0 Å². The van der Waals surface area contributed by atoms with E-state index in [9.17, 15) is 4.39 Å². The molecule has 0 aliphatic heterocycles. The van der Waals surface area contributed by atoms with Gasteiger partial charge in [0, 0.05) is 15.8 Å². The van der Waals surface area contributed by atoms with Crippen molar-refractivity contribution in [2.75, 3.05) is 6.54 Å². The lowest BCUT2D eigenvalue weighted by Crippen LogP contribution is -2.23. The van der Waals surface area contributed by atoms with Crippen LogP contribution in [0, 0.1) is 19.7 Å². The topological polar surface area (TPSA) is 12.0 Å². The van der Waals surface area contributed by atoms with Crippen molar-refractivity contribution in [1.82, 2.24) is 5.32 Å². The van der Waals surface area contributed by atoms with Crippen molar-refractivity contribution < 1.29 is 4.39 Å². The Labute approximate surface area is 124 Å². The maximum absolute atomic E-state index is 13.0. The molecule has 0 bridgehead atoms. The first kappa shape index (κ1) is 15.2. The molecule has 0 saturated carbocycles. The van der Waals surface area contributed by atoms with Gasteiger partial charge in [-0.3, -0.25) is 0 Å². The van der Waals surface area contributed by atoms with Crippen LogP contribution in [0.1, 0.15) is 40.3 Å². The van der Waals surface area contributed by atoms with Gasteiger partial charge in [0.15, 0.2) is 0 Å². The van der Waals surface area contributed by atoms with Crippen molar-refractivity contribution in [2.45, 2.75) is 39.7 Å². The number of nitrogens with one attached hydrogen (secondary N) is 1. The molecule has 2 aromatic rings. The lowest BCUT2D eigenvalue weighted by atomic mass is 10.0. The van der Waals surface area contributed by atoms with Crippen LogP contribution < -0.4 is 5.32 Å². The Balaban J connectivity index is 2.19. The number of hydrogen-bond acceptors (Lipinski definition) is 2. The minimum atomic E-state index is -0.171. The minimum Gasteiger partial charge on any atom is -0.309 e. The van der Waals surface area contributed by atoms with E-state index in [-0.39, 0.29) is 5.82 Å². The Bertz CT molecular complexity index is 545. The van der Waals surface area contributed by atoms with E-state index in [4.69, 9.17) is 0 Å². The van der Waals surface area contributed by atoms with Crippen molar-refractivity contribution in [3.05, 3.63) is 57.0 Å². The van der Waals surface area contributed by atoms with Crippen LogP contribution in [0.3, 0.4) is 0 Å². The fourth-order valence-corrected chi connectivity index (χ4v) is 3.55. The fraction of sp³-hybridized carbons (Fsp3) is 0.412. The van der Waals surface area contributed by atoms with Gasteiger partial charge in [-0.15, -0.1) is 11.3 Å². The first-order valence-electron chi connectivity index (χ1n) is 7.15. The molecule has 1 aromatic carbocycles. The zero-order valence-corrected chi connectivity index (χ0v) is 13.2. The average molecular weight is 291 g/mol. The molecule has 1 unspecified atom stereocenters. The minimum absolute atomic E-state index is 0.171. The molecule has 0 aliphatic rings. The number of hydrogen-bond donors (Lipinski definition) is 1. The summed E-state index contributed by atoms with van der Waals surface area (Å²) in [6, 6.07) is 9.40. The number of thiophene rings is 1. The van der Waals surface area contributed by atoms with E-state index < -0.39 is 0 Å². The van der Waals surface area contributed by atoms with Crippen molar-refractivity contribution in [2.24, 2.45) is 0 Å². The van der Waals surface area contributed by atoms with Crippen LogP contribution >= 0.6 is 11.3 Å². The van der Waals surface area contributed by atoms with Gasteiger partial charge < -0.3 is 5.32 Å². The summed E-state index contributed by atoms with van der Waals surface area (Å²) in [5, 5.41) is 3.62. The SMILES string of the molecule is CCCNC(Cc1ccc(F)cc1)c1sc(C)cc1C. The molecule has 1 N–H and O–H groups in total. The number of aryl methyl sites for hydroxylation is 2. The van der Waals surface area contributed by atoms with E-state index in [0.717, 1.165) is 19.4 Å². The summed E-state index contributed by atoms with van der Waals surface area (Å²) in [4.78, 5) is 2.75. The van der Waals surface area contributed by atoms with Gasteiger partial charge in [-0.25, -0.2) is 4.39 Å². The van der Waals surface area contributed by atoms with Crippen molar-refractivity contribution >= 4 is 11.3 Å². The third kappa shape index (κ3) is 3.90. The number of benzene rings is 1. The highest BCUT2D eigenvalue weighted by Crippen LogP contribution is 2.29. The highest BCUT2D eigenvalue weighted by atomic mass is 32.1. The van der Waals surface area contributed by atoms with Gasteiger partial charge in [0.25, 0.3) is 0 Å². The number of rotatable bonds is 6. The zero-order valence-electron chi connectivity index (χ0n) is 12.4. The van der Waals surface area contributed by atoms with Gasteiger partial charge in [0.05, 0.1) is 0 Å². The second-order valence-electron chi connectivity index (χ2n) is 5.24. The molecule has 0 fully saturated rings. The van der Waals surface area contributed by atoms with E-state index >= 15 is 0 Å². The normalized spacial score (nSPS) is 12.6. The largest absolute Gasteiger partial charge is 0.309 e. The Morgan fingerprint density at radius 2 is 1.90 bits per heavy atom. The monoisotopic (exact) mass is 291 g/mol. The van der Waals surface area contributed by atoms with Crippen LogP contribution in [0.15, 0.2) is 30.3 Å². The highest BCUT2D eigenvalue weighted by Gasteiger charge is 2.16. The summed E-state index contributed by atoms with van der Waals surface area (Å²) < 4.78 is 13.0. The highest BCUT2D eigenvalue weighted by molar-refractivity contribution is 7.12. The Hall–Kier alpha value is -1.19. The van der Waals surface area contributed by atoms with Crippen LogP contribution in [0.2, 0.25) is 0 Å². The average Bonchev–Trinajstić information content (AvgIpc) is 2.76. The van der Waals surface area contributed by atoms with Gasteiger partial charge >= 0.3 is 0 Å². The summed E-state index contributed by atoms with van der Waals surface area (Å²) in [6.07, 6.45) is 2.02. The third-order valence-electron chi connectivity index (χ3n) is 3.39. The second-order valence-corrected chi connectivity index (χ2v) is 6.53. The smallest absolute Gasteiger partial charge is 0.123 e. The summed E-state index contributed by atoms with van der Waals surface area (Å²) in [5.41, 5.74) is 2.52. The maximum atomic E-state index is 13.0. The summed E-state index contributed by atoms with van der Waals surface area (Å²) >= 11 is 1.86. The van der Waals surface area contributed by atoms with Gasteiger partial charge in [0.2, 0.25) is 0 Å². The molecule has 2 rings (SSSR count). The molecule has 0 spiro atoms. The maximum Gasteiger partial charge on any atom is 0.123 e. The third-order valence-corrected chi connectivity index (χ3v) is 4.66. The Morgan fingerprint density at radius 1 is 1.20 bits per heavy atom. The first-order valence-corrected chi connectivity index (χ1v) is 7.96. The van der Waals surface area contributed by atoms with E-state index in [2.05, 4.69) is 32.2 Å². The van der Waals surface area contributed by atoms with Crippen LogP contribution in [-0.2, 0) is 6.42 Å². The second kappa shape index (κ2) is 7.00. The van der Waals surface area contributed by atoms with E-state index in [1.165, 1.54) is 20.9 Å². The van der Waals surface area contributed by atoms with Crippen LogP contribution in [0.25, 0.3) is 0 Å². The fourth-order valence-electron chi connectivity index (χ4n) is 2.44. The molecule has 20 heavy (non-hydrogen) atoms. The molecular weight excluding hydrogens is 269 g/mol. The van der Waals surface area contributed by atoms with Gasteiger partial charge in [-0.1, -0.05) is 19.1 Å². The molecule has 1 nitrogen and oxygen atoms in total. The molecule has 0 aliphatic carbocycles. The predicted octanol–water partition coefficient (Wildman–Crippen LogP) is 4.79. The molecule has 1 atom stereocenters. The quantitative estimate of drug-likeness (QED) is 0.807. The van der Waals surface area contributed by atoms with Gasteiger partial charge in [-0.2, -0.15) is 0 Å². The van der Waals surface area contributed by atoms with E-state index in [1.54, 1.807) is 12.1 Å². The summed E-state index contributed by atoms with van der Waals surface area (Å²) in [7, 11) is 0. The molecule has 1 aromatic heterocycles. The number of halogens is 1. The first-order chi connectivity index (χ1) is 9.60. The van der Waals surface area contributed by atoms with Crippen LogP contribution in [-0.4, -0.2) is 6.54 Å².